The van der Waals surface area contributed by atoms with Gasteiger partial charge in [-0.05, 0) is 49.4 Å². The van der Waals surface area contributed by atoms with Crippen molar-refractivity contribution in [3.63, 3.8) is 0 Å². The fourth-order valence-electron chi connectivity index (χ4n) is 3.47. The van der Waals surface area contributed by atoms with E-state index in [1.54, 1.807) is 18.3 Å². The van der Waals surface area contributed by atoms with Gasteiger partial charge in [0.05, 0.1) is 21.7 Å². The van der Waals surface area contributed by atoms with Crippen LogP contribution < -0.4 is 0 Å². The number of halogens is 2. The number of fused-ring (bicyclic) bond motifs is 3. The number of aromatic nitrogens is 3. The molecule has 0 N–H and O–H groups in total. The fourth-order valence-corrected chi connectivity index (χ4v) is 3.70. The smallest absolute Gasteiger partial charge is 0.123 e. The van der Waals surface area contributed by atoms with Gasteiger partial charge in [0, 0.05) is 22.5 Å². The van der Waals surface area contributed by atoms with Crippen LogP contribution in [-0.2, 0) is 0 Å². The minimum Gasteiger partial charge on any atom is -0.254 e. The van der Waals surface area contributed by atoms with E-state index in [9.17, 15) is 4.39 Å². The van der Waals surface area contributed by atoms with Crippen molar-refractivity contribution < 1.29 is 4.39 Å². The Morgan fingerprint density at radius 3 is 2.39 bits per heavy atom. The van der Waals surface area contributed by atoms with Gasteiger partial charge in [0.2, 0.25) is 0 Å². The number of benzene rings is 3. The van der Waals surface area contributed by atoms with E-state index in [0.29, 0.717) is 5.02 Å². The average molecular weight is 388 g/mol. The van der Waals surface area contributed by atoms with Crippen LogP contribution in [0.1, 0.15) is 5.56 Å². The molecule has 0 fully saturated rings. The van der Waals surface area contributed by atoms with E-state index in [2.05, 4.69) is 17.1 Å². The minimum absolute atomic E-state index is 0.277. The van der Waals surface area contributed by atoms with Crippen LogP contribution in [0.15, 0.2) is 72.9 Å². The first kappa shape index (κ1) is 16.9. The van der Waals surface area contributed by atoms with Gasteiger partial charge in [0.15, 0.2) is 0 Å². The molecule has 0 aliphatic heterocycles. The number of rotatable bonds is 2. The molecule has 0 bridgehead atoms. The van der Waals surface area contributed by atoms with E-state index in [-0.39, 0.29) is 5.82 Å². The first-order valence-corrected chi connectivity index (χ1v) is 9.28. The van der Waals surface area contributed by atoms with E-state index < -0.39 is 0 Å². The van der Waals surface area contributed by atoms with Gasteiger partial charge < -0.3 is 0 Å². The number of hydrogen-bond acceptors (Lipinski definition) is 2. The van der Waals surface area contributed by atoms with Gasteiger partial charge in [-0.15, -0.1) is 0 Å². The third kappa shape index (κ3) is 2.65. The third-order valence-electron chi connectivity index (χ3n) is 4.88. The van der Waals surface area contributed by atoms with Crippen LogP contribution >= 0.6 is 11.6 Å². The summed E-state index contributed by atoms with van der Waals surface area (Å²) in [4.78, 5) is 4.57. The Balaban J connectivity index is 1.90. The van der Waals surface area contributed by atoms with Crippen LogP contribution in [0.2, 0.25) is 5.02 Å². The second-order valence-corrected chi connectivity index (χ2v) is 7.17. The standard InChI is InChI=1S/C23H15ClFN3/c1-14-5-11-17(12-6-14)28-23-18-3-2-4-20(24)22(18)26-13-19(23)21(27-28)15-7-9-16(25)10-8-15/h2-13H,1H3. The Morgan fingerprint density at radius 2 is 1.64 bits per heavy atom. The molecule has 5 aromatic rings. The predicted octanol–water partition coefficient (Wildman–Crippen LogP) is 6.34. The summed E-state index contributed by atoms with van der Waals surface area (Å²) in [5.41, 5.74) is 5.36. The molecular formula is C23H15ClFN3. The lowest BCUT2D eigenvalue weighted by Crippen LogP contribution is -1.97. The summed E-state index contributed by atoms with van der Waals surface area (Å²) in [6.07, 6.45) is 1.79. The number of nitrogens with zero attached hydrogens (tertiary/aromatic N) is 3. The lowest BCUT2D eigenvalue weighted by molar-refractivity contribution is 0.628. The first-order valence-electron chi connectivity index (χ1n) is 8.91. The van der Waals surface area contributed by atoms with Crippen LogP contribution in [0.5, 0.6) is 0 Å². The first-order chi connectivity index (χ1) is 13.6. The van der Waals surface area contributed by atoms with Crippen molar-refractivity contribution in [2.45, 2.75) is 6.92 Å². The average Bonchev–Trinajstić information content (AvgIpc) is 3.10. The molecule has 0 amide bonds. The van der Waals surface area contributed by atoms with Crippen molar-refractivity contribution in [2.24, 2.45) is 0 Å². The summed E-state index contributed by atoms with van der Waals surface area (Å²) in [6, 6.07) is 20.3. The van der Waals surface area contributed by atoms with Gasteiger partial charge in [-0.1, -0.05) is 41.4 Å². The number of pyridine rings is 1. The van der Waals surface area contributed by atoms with Crippen molar-refractivity contribution >= 4 is 33.4 Å². The second-order valence-electron chi connectivity index (χ2n) is 6.76. The van der Waals surface area contributed by atoms with Crippen LogP contribution in [-0.4, -0.2) is 14.8 Å². The molecular weight excluding hydrogens is 373 g/mol. The molecule has 136 valence electrons. The fraction of sp³-hybridized carbons (Fsp3) is 0.0435. The molecule has 5 rings (SSSR count). The van der Waals surface area contributed by atoms with Gasteiger partial charge in [0.1, 0.15) is 11.5 Å². The molecule has 0 unspecified atom stereocenters. The van der Waals surface area contributed by atoms with Crippen molar-refractivity contribution in [3.05, 3.63) is 89.3 Å². The number of aryl methyl sites for hydroxylation is 1. The van der Waals surface area contributed by atoms with Crippen molar-refractivity contribution in [2.75, 3.05) is 0 Å². The van der Waals surface area contributed by atoms with E-state index in [1.807, 2.05) is 41.9 Å². The highest BCUT2D eigenvalue weighted by molar-refractivity contribution is 6.35. The quantitative estimate of drug-likeness (QED) is 0.353. The highest BCUT2D eigenvalue weighted by atomic mass is 35.5. The summed E-state index contributed by atoms with van der Waals surface area (Å²) >= 11 is 6.38. The Morgan fingerprint density at radius 1 is 0.893 bits per heavy atom. The topological polar surface area (TPSA) is 30.7 Å². The van der Waals surface area contributed by atoms with Crippen molar-refractivity contribution in [1.29, 1.82) is 0 Å². The Hall–Kier alpha value is -3.24. The molecule has 0 atom stereocenters. The van der Waals surface area contributed by atoms with Crippen LogP contribution in [0.25, 0.3) is 38.8 Å². The molecule has 0 saturated carbocycles. The number of hydrogen-bond donors (Lipinski definition) is 0. The molecule has 2 heterocycles. The van der Waals surface area contributed by atoms with Gasteiger partial charge in [-0.25, -0.2) is 9.07 Å². The molecule has 0 saturated heterocycles. The maximum absolute atomic E-state index is 13.4. The largest absolute Gasteiger partial charge is 0.254 e. The summed E-state index contributed by atoms with van der Waals surface area (Å²) in [7, 11) is 0. The zero-order valence-electron chi connectivity index (χ0n) is 15.0. The van der Waals surface area contributed by atoms with E-state index in [0.717, 1.165) is 38.8 Å². The minimum atomic E-state index is -0.277. The third-order valence-corrected chi connectivity index (χ3v) is 5.19. The Bertz CT molecular complexity index is 1320. The van der Waals surface area contributed by atoms with Gasteiger partial charge in [0.25, 0.3) is 0 Å². The Kier molecular flexibility index (Phi) is 3.88. The van der Waals surface area contributed by atoms with Crippen LogP contribution in [0.3, 0.4) is 0 Å². The monoisotopic (exact) mass is 387 g/mol. The van der Waals surface area contributed by atoms with Gasteiger partial charge in [-0.3, -0.25) is 4.98 Å². The van der Waals surface area contributed by atoms with Crippen LogP contribution in [0, 0.1) is 12.7 Å². The van der Waals surface area contributed by atoms with E-state index in [4.69, 9.17) is 16.7 Å². The van der Waals surface area contributed by atoms with Crippen LogP contribution in [0.4, 0.5) is 4.39 Å². The molecule has 0 radical (unpaired) electrons. The maximum atomic E-state index is 13.4. The molecule has 3 aromatic carbocycles. The molecule has 0 aliphatic rings. The number of para-hydroxylation sites is 1. The highest BCUT2D eigenvalue weighted by Crippen LogP contribution is 2.35. The molecule has 0 spiro atoms. The second kappa shape index (κ2) is 6.43. The van der Waals surface area contributed by atoms with E-state index in [1.165, 1.54) is 17.7 Å². The Labute approximate surface area is 166 Å². The molecule has 5 heteroatoms. The molecule has 3 nitrogen and oxygen atoms in total. The summed E-state index contributed by atoms with van der Waals surface area (Å²) in [5, 5.41) is 7.29. The molecule has 28 heavy (non-hydrogen) atoms. The SMILES string of the molecule is Cc1ccc(-n2nc(-c3ccc(F)cc3)c3cnc4c(Cl)cccc4c32)cc1. The predicted molar refractivity (Wildman–Crippen MR) is 112 cm³/mol. The molecule has 2 aromatic heterocycles. The molecule has 0 aliphatic carbocycles. The lowest BCUT2D eigenvalue weighted by Gasteiger charge is -2.07. The summed E-state index contributed by atoms with van der Waals surface area (Å²) < 4.78 is 15.3. The zero-order chi connectivity index (χ0) is 19.3. The summed E-state index contributed by atoms with van der Waals surface area (Å²) in [6.45, 7) is 2.05. The van der Waals surface area contributed by atoms with Crippen molar-refractivity contribution in [1.82, 2.24) is 14.8 Å². The highest BCUT2D eigenvalue weighted by Gasteiger charge is 2.18. The van der Waals surface area contributed by atoms with Gasteiger partial charge in [-0.2, -0.15) is 5.10 Å². The normalized spacial score (nSPS) is 11.4. The van der Waals surface area contributed by atoms with Crippen molar-refractivity contribution in [3.8, 4) is 16.9 Å². The van der Waals surface area contributed by atoms with E-state index >= 15 is 0 Å². The van der Waals surface area contributed by atoms with Gasteiger partial charge >= 0.3 is 0 Å². The maximum Gasteiger partial charge on any atom is 0.123 e. The summed E-state index contributed by atoms with van der Waals surface area (Å²) in [5.74, 6) is -0.277. The zero-order valence-corrected chi connectivity index (χ0v) is 15.8. The lowest BCUT2D eigenvalue weighted by atomic mass is 10.1.